The van der Waals surface area contributed by atoms with Crippen molar-refractivity contribution in [3.05, 3.63) is 41.6 Å². The average molecular weight is 488 g/mol. The van der Waals surface area contributed by atoms with E-state index in [1.54, 1.807) is 17.9 Å². The fourth-order valence-electron chi connectivity index (χ4n) is 3.77. The van der Waals surface area contributed by atoms with Crippen LogP contribution in [-0.4, -0.2) is 25.0 Å². The maximum Gasteiger partial charge on any atom is 0.213 e. The van der Waals surface area contributed by atoms with Crippen LogP contribution in [0.25, 0.3) is 11.1 Å². The van der Waals surface area contributed by atoms with Crippen molar-refractivity contribution in [2.24, 2.45) is 5.92 Å². The summed E-state index contributed by atoms with van der Waals surface area (Å²) in [4.78, 5) is 14.9. The molecule has 6 heteroatoms. The maximum absolute atomic E-state index is 12.5. The predicted molar refractivity (Wildman–Crippen MR) is 121 cm³/mol. The summed E-state index contributed by atoms with van der Waals surface area (Å²) in [6.07, 6.45) is 4.71. The molecule has 3 rings (SSSR count). The van der Waals surface area contributed by atoms with E-state index < -0.39 is 0 Å². The first kappa shape index (κ1) is 24.4. The van der Waals surface area contributed by atoms with Gasteiger partial charge in [-0.3, -0.25) is 4.79 Å². The van der Waals surface area contributed by atoms with Gasteiger partial charge in [-0.05, 0) is 49.3 Å². The number of hydrogen-bond acceptors (Lipinski definition) is 4. The average Bonchev–Trinajstić information content (AvgIpc) is 3.16. The van der Waals surface area contributed by atoms with Crippen molar-refractivity contribution in [1.29, 1.82) is 0 Å². The Morgan fingerprint density at radius 3 is 2.45 bits per heavy atom. The predicted octanol–water partition coefficient (Wildman–Crippen LogP) is 5.53. The third-order valence-corrected chi connectivity index (χ3v) is 5.94. The van der Waals surface area contributed by atoms with Gasteiger partial charge in [0.25, 0.3) is 0 Å². The molecule has 2 aromatic rings. The zero-order valence-electron chi connectivity index (χ0n) is 17.8. The monoisotopic (exact) mass is 487 g/mol. The van der Waals surface area contributed by atoms with Crippen LogP contribution in [-0.2, 0) is 37.5 Å². The summed E-state index contributed by atoms with van der Waals surface area (Å²) in [7, 11) is 0. The number of amides is 1. The van der Waals surface area contributed by atoms with Gasteiger partial charge in [-0.15, -0.1) is 11.3 Å². The largest absolute Gasteiger partial charge is 0.504 e. The van der Waals surface area contributed by atoms with Crippen molar-refractivity contribution in [2.75, 3.05) is 23.3 Å². The SMILES string of the molecule is C[CH-]NC(=O)[C@H](CC(C)C)Nc1cscc1-c1ccc(N2CCCCC2)cc1.[Y]. The Morgan fingerprint density at radius 2 is 1.83 bits per heavy atom. The number of hydrogen-bond donors (Lipinski definition) is 2. The number of rotatable bonds is 8. The van der Waals surface area contributed by atoms with E-state index in [9.17, 15) is 4.79 Å². The van der Waals surface area contributed by atoms with Gasteiger partial charge in [-0.1, -0.05) is 26.0 Å². The number of carbonyl (C=O) groups excluding carboxylic acids is 1. The van der Waals surface area contributed by atoms with E-state index in [2.05, 4.69) is 64.4 Å². The van der Waals surface area contributed by atoms with E-state index in [1.807, 2.05) is 6.92 Å². The van der Waals surface area contributed by atoms with Crippen molar-refractivity contribution in [1.82, 2.24) is 5.32 Å². The Balaban J connectivity index is 0.00000300. The summed E-state index contributed by atoms with van der Waals surface area (Å²) >= 11 is 1.67. The zero-order chi connectivity index (χ0) is 19.9. The molecule has 155 valence electrons. The van der Waals surface area contributed by atoms with Crippen molar-refractivity contribution in [2.45, 2.75) is 52.5 Å². The van der Waals surface area contributed by atoms with E-state index in [4.69, 9.17) is 0 Å². The molecule has 1 aromatic carbocycles. The number of anilines is 2. The standard InChI is InChI=1S/C23H32N3OS.Y/c1-4-24-23(27)21(14-17(2)3)25-22-16-28-15-20(22)18-8-10-19(11-9-18)26-12-6-5-7-13-26;/h4,8-11,15-17,21,25H,5-7,12-14H2,1-3H3,(H,24,27);/q-1;/t21-;/m0./s1. The Bertz CT molecular complexity index is 754. The third-order valence-electron chi connectivity index (χ3n) is 5.20. The van der Waals surface area contributed by atoms with E-state index >= 15 is 0 Å². The van der Waals surface area contributed by atoms with E-state index in [0.29, 0.717) is 5.92 Å². The van der Waals surface area contributed by atoms with Gasteiger partial charge in [0.2, 0.25) is 5.91 Å². The normalized spacial score (nSPS) is 15.0. The topological polar surface area (TPSA) is 44.4 Å². The van der Waals surface area contributed by atoms with Gasteiger partial charge in [0.1, 0.15) is 6.04 Å². The van der Waals surface area contributed by atoms with Gasteiger partial charge in [0, 0.05) is 67.8 Å². The van der Waals surface area contributed by atoms with Crippen molar-refractivity contribution in [3.8, 4) is 11.1 Å². The van der Waals surface area contributed by atoms with Crippen molar-refractivity contribution < 1.29 is 37.5 Å². The van der Waals surface area contributed by atoms with E-state index in [0.717, 1.165) is 30.8 Å². The summed E-state index contributed by atoms with van der Waals surface area (Å²) < 4.78 is 0. The number of nitrogens with zero attached hydrogens (tertiary/aromatic N) is 1. The Morgan fingerprint density at radius 1 is 1.14 bits per heavy atom. The fraction of sp³-hybridized carbons (Fsp3) is 0.478. The van der Waals surface area contributed by atoms with Crippen LogP contribution in [0, 0.1) is 12.5 Å². The Hall–Kier alpha value is -0.906. The van der Waals surface area contributed by atoms with Crippen LogP contribution >= 0.6 is 11.3 Å². The smallest absolute Gasteiger partial charge is 0.213 e. The molecule has 1 aliphatic rings. The Kier molecular flexibility index (Phi) is 10.1. The number of piperidine rings is 1. The van der Waals surface area contributed by atoms with Crippen LogP contribution in [0.1, 0.15) is 46.5 Å². The summed E-state index contributed by atoms with van der Waals surface area (Å²) in [6.45, 7) is 10.1. The molecule has 1 fully saturated rings. The number of thiophene rings is 1. The summed E-state index contributed by atoms with van der Waals surface area (Å²) in [5, 5.41) is 10.6. The van der Waals surface area contributed by atoms with Crippen LogP contribution < -0.4 is 15.5 Å². The summed E-state index contributed by atoms with van der Waals surface area (Å²) in [6, 6.07) is 8.62. The molecule has 4 nitrogen and oxygen atoms in total. The molecule has 2 N–H and O–H groups in total. The fourth-order valence-corrected chi connectivity index (χ4v) is 4.57. The minimum absolute atomic E-state index is 0. The Labute approximate surface area is 204 Å². The molecule has 1 atom stereocenters. The van der Waals surface area contributed by atoms with Crippen LogP contribution in [0.4, 0.5) is 11.4 Å². The molecule has 1 radical (unpaired) electrons. The molecule has 2 heterocycles. The van der Waals surface area contributed by atoms with Crippen LogP contribution in [0.3, 0.4) is 0 Å². The molecule has 0 saturated carbocycles. The second-order valence-electron chi connectivity index (χ2n) is 7.92. The van der Waals surface area contributed by atoms with Gasteiger partial charge in [-0.2, -0.15) is 6.92 Å². The van der Waals surface area contributed by atoms with Gasteiger partial charge in [0.15, 0.2) is 0 Å². The molecule has 0 bridgehead atoms. The van der Waals surface area contributed by atoms with Gasteiger partial charge >= 0.3 is 0 Å². The maximum atomic E-state index is 12.5. The van der Waals surface area contributed by atoms with Gasteiger partial charge < -0.3 is 15.5 Å². The molecule has 1 aliphatic heterocycles. The molecular formula is C23H32N3OSY-. The number of carbonyl (C=O) groups is 1. The van der Waals surface area contributed by atoms with E-state index in [1.165, 1.54) is 30.5 Å². The molecular weight excluding hydrogens is 455 g/mol. The third kappa shape index (κ3) is 6.80. The molecule has 29 heavy (non-hydrogen) atoms. The molecule has 1 amide bonds. The molecule has 0 spiro atoms. The van der Waals surface area contributed by atoms with E-state index in [-0.39, 0.29) is 44.7 Å². The minimum Gasteiger partial charge on any atom is -0.504 e. The summed E-state index contributed by atoms with van der Waals surface area (Å²) in [5.74, 6) is 0.458. The minimum atomic E-state index is -0.239. The van der Waals surface area contributed by atoms with Gasteiger partial charge in [0.05, 0.1) is 5.69 Å². The van der Waals surface area contributed by atoms with Crippen molar-refractivity contribution in [3.63, 3.8) is 0 Å². The first-order valence-electron chi connectivity index (χ1n) is 10.3. The molecule has 1 aromatic heterocycles. The zero-order valence-corrected chi connectivity index (χ0v) is 21.4. The molecule has 0 unspecified atom stereocenters. The van der Waals surface area contributed by atoms with Crippen LogP contribution in [0.5, 0.6) is 0 Å². The quantitative estimate of drug-likeness (QED) is 0.482. The first-order chi connectivity index (χ1) is 13.6. The van der Waals surface area contributed by atoms with Crippen molar-refractivity contribution >= 4 is 28.6 Å². The van der Waals surface area contributed by atoms with Crippen LogP contribution in [0.2, 0.25) is 0 Å². The second-order valence-corrected chi connectivity index (χ2v) is 8.66. The summed E-state index contributed by atoms with van der Waals surface area (Å²) in [5.41, 5.74) is 4.70. The molecule has 0 aliphatic carbocycles. The number of nitrogens with one attached hydrogen (secondary N) is 2. The molecule has 1 saturated heterocycles. The van der Waals surface area contributed by atoms with Crippen LogP contribution in [0.15, 0.2) is 35.0 Å². The number of benzene rings is 1. The second kappa shape index (κ2) is 12.1. The van der Waals surface area contributed by atoms with Gasteiger partial charge in [-0.25, -0.2) is 6.54 Å². The first-order valence-corrected chi connectivity index (χ1v) is 11.3.